The van der Waals surface area contributed by atoms with Crippen molar-refractivity contribution in [1.29, 1.82) is 5.26 Å². The molecule has 0 saturated carbocycles. The summed E-state index contributed by atoms with van der Waals surface area (Å²) in [6.45, 7) is 1.27. The van der Waals surface area contributed by atoms with Crippen molar-refractivity contribution >= 4 is 23.2 Å². The van der Waals surface area contributed by atoms with Crippen LogP contribution in [0.4, 0.5) is 5.69 Å². The Hall–Kier alpha value is -1.99. The molecule has 0 heterocycles. The number of amides is 1. The molecule has 0 aromatic heterocycles. The number of rotatable bonds is 2. The number of aliphatic hydroxyl groups is 1. The number of carbonyl (C=O) groups excluding carboxylic acids is 1. The van der Waals surface area contributed by atoms with Gasteiger partial charge in [-0.1, -0.05) is 17.7 Å². The minimum Gasteiger partial charge on any atom is -0.511 e. The molecular formula is C11H9ClN2O2. The van der Waals surface area contributed by atoms with Gasteiger partial charge in [0.1, 0.15) is 11.8 Å². The number of anilines is 1. The number of benzene rings is 1. The smallest absolute Gasteiger partial charge is 0.269 e. The summed E-state index contributed by atoms with van der Waals surface area (Å²) in [7, 11) is 0. The van der Waals surface area contributed by atoms with E-state index in [1.54, 1.807) is 30.3 Å². The number of allylic oxidation sites excluding steroid dienone is 1. The molecule has 2 N–H and O–H groups in total. The highest BCUT2D eigenvalue weighted by molar-refractivity contribution is 6.31. The fraction of sp³-hybridized carbons (Fsp3) is 0.0909. The van der Waals surface area contributed by atoms with Gasteiger partial charge >= 0.3 is 0 Å². The molecule has 1 aromatic rings. The number of halogens is 1. The third-order valence-corrected chi connectivity index (χ3v) is 2.02. The van der Waals surface area contributed by atoms with E-state index in [4.69, 9.17) is 22.0 Å². The van der Waals surface area contributed by atoms with Gasteiger partial charge in [-0.25, -0.2) is 0 Å². The molecule has 0 aliphatic carbocycles. The molecule has 0 spiro atoms. The Morgan fingerprint density at radius 1 is 1.56 bits per heavy atom. The van der Waals surface area contributed by atoms with Crippen LogP contribution in [-0.2, 0) is 4.79 Å². The first-order valence-electron chi connectivity index (χ1n) is 4.41. The topological polar surface area (TPSA) is 73.1 Å². The van der Waals surface area contributed by atoms with Crippen molar-refractivity contribution < 1.29 is 9.90 Å². The molecule has 0 fully saturated rings. The molecule has 0 aliphatic heterocycles. The van der Waals surface area contributed by atoms with Crippen LogP contribution in [0.15, 0.2) is 35.6 Å². The number of nitrogens with one attached hydrogen (secondary N) is 1. The molecule has 4 nitrogen and oxygen atoms in total. The maximum atomic E-state index is 11.5. The van der Waals surface area contributed by atoms with Crippen LogP contribution in [0.1, 0.15) is 6.92 Å². The van der Waals surface area contributed by atoms with Crippen LogP contribution < -0.4 is 5.32 Å². The molecule has 0 saturated heterocycles. The summed E-state index contributed by atoms with van der Waals surface area (Å²) < 4.78 is 0. The third kappa shape index (κ3) is 3.01. The van der Waals surface area contributed by atoms with Gasteiger partial charge < -0.3 is 10.4 Å². The van der Waals surface area contributed by atoms with Gasteiger partial charge in [-0.05, 0) is 25.1 Å². The highest BCUT2D eigenvalue weighted by Crippen LogP contribution is 2.15. The number of hydrogen-bond donors (Lipinski definition) is 2. The van der Waals surface area contributed by atoms with Gasteiger partial charge in [0.05, 0.1) is 0 Å². The Balaban J connectivity index is 2.88. The van der Waals surface area contributed by atoms with Crippen LogP contribution >= 0.6 is 11.6 Å². The lowest BCUT2D eigenvalue weighted by Gasteiger charge is -2.04. The molecule has 0 unspecified atom stereocenters. The fourth-order valence-corrected chi connectivity index (χ4v) is 1.25. The molecule has 1 rings (SSSR count). The number of aliphatic hydroxyl groups excluding tert-OH is 1. The van der Waals surface area contributed by atoms with Gasteiger partial charge in [0, 0.05) is 10.7 Å². The number of nitriles is 1. The van der Waals surface area contributed by atoms with Gasteiger partial charge in [-0.15, -0.1) is 0 Å². The van der Waals surface area contributed by atoms with Crippen LogP contribution in [0.25, 0.3) is 0 Å². The second-order valence-corrected chi connectivity index (χ2v) is 3.47. The molecule has 5 heteroatoms. The van der Waals surface area contributed by atoms with Crippen LogP contribution in [-0.4, -0.2) is 11.0 Å². The predicted octanol–water partition coefficient (Wildman–Crippen LogP) is 2.63. The van der Waals surface area contributed by atoms with Crippen molar-refractivity contribution in [3.8, 4) is 6.07 Å². The van der Waals surface area contributed by atoms with Gasteiger partial charge in [0.2, 0.25) is 0 Å². The highest BCUT2D eigenvalue weighted by atomic mass is 35.5. The summed E-state index contributed by atoms with van der Waals surface area (Å²) in [5.41, 5.74) is 0.145. The molecule has 1 aromatic carbocycles. The predicted molar refractivity (Wildman–Crippen MR) is 61.0 cm³/mol. The monoisotopic (exact) mass is 236 g/mol. The third-order valence-electron chi connectivity index (χ3n) is 1.78. The Morgan fingerprint density at radius 3 is 2.75 bits per heavy atom. The second-order valence-electron chi connectivity index (χ2n) is 3.04. The minimum absolute atomic E-state index is 0.318. The Kier molecular flexibility index (Phi) is 3.92. The zero-order valence-corrected chi connectivity index (χ0v) is 9.25. The van der Waals surface area contributed by atoms with Crippen LogP contribution in [0.2, 0.25) is 5.02 Å². The van der Waals surface area contributed by atoms with E-state index in [2.05, 4.69) is 5.32 Å². The zero-order valence-electron chi connectivity index (χ0n) is 8.49. The minimum atomic E-state index is -0.662. The van der Waals surface area contributed by atoms with Crippen molar-refractivity contribution in [3.05, 3.63) is 40.6 Å². The second kappa shape index (κ2) is 5.19. The average molecular weight is 237 g/mol. The molecule has 0 atom stereocenters. The molecule has 82 valence electrons. The standard InChI is InChI=1S/C11H9ClN2O2/c1-7(15)10(6-13)11(16)14-9-4-2-3-8(12)5-9/h2-5,15H,1H3,(H,14,16). The van der Waals surface area contributed by atoms with E-state index in [0.717, 1.165) is 0 Å². The molecule has 0 aliphatic rings. The molecule has 0 bridgehead atoms. The van der Waals surface area contributed by atoms with Gasteiger partial charge in [0.25, 0.3) is 5.91 Å². The van der Waals surface area contributed by atoms with Crippen LogP contribution in [0, 0.1) is 11.3 Å². The molecule has 1 amide bonds. The SMILES string of the molecule is CC(O)=C(C#N)C(=O)Nc1cccc(Cl)c1. The number of nitrogens with zero attached hydrogens (tertiary/aromatic N) is 1. The van der Waals surface area contributed by atoms with E-state index in [1.165, 1.54) is 6.92 Å². The zero-order chi connectivity index (χ0) is 12.1. The average Bonchev–Trinajstić information content (AvgIpc) is 2.17. The Bertz CT molecular complexity index is 485. The van der Waals surface area contributed by atoms with Crippen molar-refractivity contribution in [2.75, 3.05) is 5.32 Å². The van der Waals surface area contributed by atoms with Crippen LogP contribution in [0.5, 0.6) is 0 Å². The molecular weight excluding hydrogens is 228 g/mol. The maximum Gasteiger partial charge on any atom is 0.269 e. The maximum absolute atomic E-state index is 11.5. The van der Waals surface area contributed by atoms with E-state index in [1.807, 2.05) is 0 Å². The van der Waals surface area contributed by atoms with Crippen molar-refractivity contribution in [3.63, 3.8) is 0 Å². The number of hydrogen-bond acceptors (Lipinski definition) is 3. The molecule has 0 radical (unpaired) electrons. The summed E-state index contributed by atoms with van der Waals surface area (Å²) >= 11 is 5.73. The quantitative estimate of drug-likeness (QED) is 0.471. The van der Waals surface area contributed by atoms with Gasteiger partial charge in [0.15, 0.2) is 5.57 Å². The summed E-state index contributed by atoms with van der Waals surface area (Å²) in [5, 5.41) is 20.7. The largest absolute Gasteiger partial charge is 0.511 e. The summed E-state index contributed by atoms with van der Waals surface area (Å²) in [6.07, 6.45) is 0. The van der Waals surface area contributed by atoms with Crippen molar-refractivity contribution in [1.82, 2.24) is 0 Å². The Labute approximate surface area is 97.8 Å². The summed E-state index contributed by atoms with van der Waals surface area (Å²) in [5.74, 6) is -0.980. The Morgan fingerprint density at radius 2 is 2.25 bits per heavy atom. The lowest BCUT2D eigenvalue weighted by atomic mass is 10.2. The number of carbonyl (C=O) groups is 1. The first-order chi connectivity index (χ1) is 7.54. The van der Waals surface area contributed by atoms with Gasteiger partial charge in [-0.3, -0.25) is 4.79 Å². The first kappa shape index (κ1) is 12.1. The fourth-order valence-electron chi connectivity index (χ4n) is 1.06. The highest BCUT2D eigenvalue weighted by Gasteiger charge is 2.12. The van der Waals surface area contributed by atoms with E-state index in [0.29, 0.717) is 10.7 Å². The molecule has 16 heavy (non-hydrogen) atoms. The van der Waals surface area contributed by atoms with Crippen molar-refractivity contribution in [2.24, 2.45) is 0 Å². The van der Waals surface area contributed by atoms with Gasteiger partial charge in [-0.2, -0.15) is 5.26 Å². The summed E-state index contributed by atoms with van der Waals surface area (Å²) in [4.78, 5) is 11.5. The van der Waals surface area contributed by atoms with E-state index in [-0.39, 0.29) is 11.3 Å². The summed E-state index contributed by atoms with van der Waals surface area (Å²) in [6, 6.07) is 8.12. The lowest BCUT2D eigenvalue weighted by molar-refractivity contribution is -0.112. The normalized spacial score (nSPS) is 11.3. The first-order valence-corrected chi connectivity index (χ1v) is 4.79. The van der Waals surface area contributed by atoms with E-state index in [9.17, 15) is 4.79 Å². The van der Waals surface area contributed by atoms with E-state index >= 15 is 0 Å². The van der Waals surface area contributed by atoms with E-state index < -0.39 is 5.91 Å². The van der Waals surface area contributed by atoms with Crippen LogP contribution in [0.3, 0.4) is 0 Å². The van der Waals surface area contributed by atoms with Crippen molar-refractivity contribution in [2.45, 2.75) is 6.92 Å². The lowest BCUT2D eigenvalue weighted by Crippen LogP contribution is -2.14.